The molecule has 4 amide bonds. The largest absolute Gasteiger partial charge is 0.388 e. The lowest BCUT2D eigenvalue weighted by Gasteiger charge is -2.57. The summed E-state index contributed by atoms with van der Waals surface area (Å²) in [5, 5.41) is 33.3. The van der Waals surface area contributed by atoms with Crippen LogP contribution in [0.25, 0.3) is 0 Å². The first-order valence-corrected chi connectivity index (χ1v) is 18.9. The average Bonchev–Trinajstić information content (AvgIpc) is 3.70. The van der Waals surface area contributed by atoms with Crippen molar-refractivity contribution in [1.82, 2.24) is 19.6 Å². The number of hydrogen-bond donors (Lipinski definition) is 5. The van der Waals surface area contributed by atoms with E-state index in [1.54, 1.807) is 48.5 Å². The Kier molecular flexibility index (Phi) is 5.70. The van der Waals surface area contributed by atoms with Crippen molar-refractivity contribution in [1.29, 1.82) is 0 Å². The molecule has 17 heteroatoms. The van der Waals surface area contributed by atoms with Crippen molar-refractivity contribution in [3.05, 3.63) is 59.7 Å². The number of para-hydroxylation sites is 2. The molecular weight excluding hydrogens is 685 g/mol. The summed E-state index contributed by atoms with van der Waals surface area (Å²) in [6.45, 7) is 1.00. The second kappa shape index (κ2) is 8.92. The van der Waals surface area contributed by atoms with E-state index in [1.165, 1.54) is 35.7 Å². The predicted molar refractivity (Wildman–Crippen MR) is 178 cm³/mol. The van der Waals surface area contributed by atoms with Gasteiger partial charge in [-0.15, -0.1) is 11.7 Å². The van der Waals surface area contributed by atoms with E-state index in [9.17, 15) is 34.2 Å². The summed E-state index contributed by atoms with van der Waals surface area (Å²) in [5.74, 6) is -2.87. The highest BCUT2D eigenvalue weighted by molar-refractivity contribution is 8.78. The normalized spacial score (nSPS) is 42.1. The number of likely N-dealkylation sites (N-methyl/N-ethyl adjacent to an activating group) is 2. The zero-order valence-electron chi connectivity index (χ0n) is 25.0. The summed E-state index contributed by atoms with van der Waals surface area (Å²) in [7, 11) is 5.50. The molecule has 8 aliphatic heterocycles. The third-order valence-electron chi connectivity index (χ3n) is 11.5. The molecule has 6 fully saturated rings. The maximum atomic E-state index is 14.8. The number of carbonyl (C=O) groups is 5. The van der Waals surface area contributed by atoms with Crippen LogP contribution in [0.1, 0.15) is 18.1 Å². The molecule has 6 saturated heterocycles. The maximum Gasteiger partial charge on any atom is 0.271 e. The number of ketones is 1. The molecule has 4 N–H and O–H groups in total. The molecule has 0 aliphatic carbocycles. The molecule has 9 atom stereocenters. The van der Waals surface area contributed by atoms with E-state index in [4.69, 9.17) is 0 Å². The van der Waals surface area contributed by atoms with Gasteiger partial charge in [-0.3, -0.25) is 33.8 Å². The number of thiol groups is 1. The number of Topliss-reactive ketones (excluding diaryl/α,β-unsaturated/α-hetero) is 1. The summed E-state index contributed by atoms with van der Waals surface area (Å²) >= 11 is 4.53. The molecule has 0 radical (unpaired) electrons. The number of anilines is 2. The third-order valence-corrected chi connectivity index (χ3v) is 16.9. The Morgan fingerprint density at radius 2 is 1.40 bits per heavy atom. The lowest BCUT2D eigenvalue weighted by molar-refractivity contribution is -0.169. The Hall–Kier alpha value is -3.09. The third kappa shape index (κ3) is 2.67. The van der Waals surface area contributed by atoms with Crippen LogP contribution in [0.4, 0.5) is 11.4 Å². The van der Waals surface area contributed by atoms with Crippen LogP contribution in [0.2, 0.25) is 0 Å². The molecule has 13 nitrogen and oxygen atoms in total. The topological polar surface area (TPSA) is 163 Å². The molecule has 2 bridgehead atoms. The number of amides is 4. The van der Waals surface area contributed by atoms with E-state index in [0.29, 0.717) is 22.5 Å². The van der Waals surface area contributed by atoms with Crippen molar-refractivity contribution in [2.75, 3.05) is 31.3 Å². The van der Waals surface area contributed by atoms with Crippen molar-refractivity contribution < 1.29 is 34.2 Å². The molecule has 244 valence electrons. The summed E-state index contributed by atoms with van der Waals surface area (Å²) in [6.07, 6.45) is -5.81. The molecule has 0 saturated carbocycles. The molecule has 8 aliphatic rings. The first-order valence-electron chi connectivity index (χ1n) is 14.9. The van der Waals surface area contributed by atoms with Gasteiger partial charge in [-0.1, -0.05) is 47.2 Å². The van der Waals surface area contributed by atoms with E-state index in [1.807, 2.05) is 0 Å². The Labute approximate surface area is 285 Å². The SMILES string of the molecule is CC(=O)[C@@]12SS[C@]3(C(=O)N1C)[C@@H](O)[C@]1([C@]45c6ccccc6N[C@@H]4N4C(=O)CN(C)C(=O)[C@@]4(SS)[C@@H]5O)c4ccccc4N[C@@H]1N3C2=O. The maximum absolute atomic E-state index is 14.8. The smallest absolute Gasteiger partial charge is 0.271 e. The van der Waals surface area contributed by atoms with Crippen LogP contribution in [-0.4, -0.2) is 119 Å². The summed E-state index contributed by atoms with van der Waals surface area (Å²) in [6, 6.07) is 14.2. The van der Waals surface area contributed by atoms with Gasteiger partial charge >= 0.3 is 0 Å². The minimum Gasteiger partial charge on any atom is -0.388 e. The van der Waals surface area contributed by atoms with Crippen molar-refractivity contribution in [3.63, 3.8) is 0 Å². The average molecular weight is 713 g/mol. The standard InChI is InChI=1S/C30H28N6O7S4/c1-13(37)28-25(43)36-22-27(15-9-5-7-11-17(15)32-22,20(40)30(36,47-46-28)24(42)34(28)3)26-14-8-4-6-10-16(14)31-21(26)35-18(38)12-33(2)23(41)29(35,45-44)19(26)39/h4-11,19-22,31-32,39-40,44H,12H2,1-3H3/t19-,20+,21-,22-,26+,27-,28+,29+,30+/m1/s1. The van der Waals surface area contributed by atoms with Gasteiger partial charge in [0.15, 0.2) is 5.78 Å². The first-order chi connectivity index (χ1) is 22.4. The number of nitrogens with zero attached hydrogens (tertiary/aromatic N) is 4. The Morgan fingerprint density at radius 1 is 0.851 bits per heavy atom. The van der Waals surface area contributed by atoms with Crippen LogP contribution in [0.3, 0.4) is 0 Å². The van der Waals surface area contributed by atoms with Crippen molar-refractivity contribution in [3.8, 4) is 0 Å². The molecule has 47 heavy (non-hydrogen) atoms. The number of piperazine rings is 2. The van der Waals surface area contributed by atoms with E-state index < -0.39 is 79.4 Å². The predicted octanol–water partition coefficient (Wildman–Crippen LogP) is 0.367. The van der Waals surface area contributed by atoms with E-state index >= 15 is 0 Å². The van der Waals surface area contributed by atoms with Crippen LogP contribution in [0.5, 0.6) is 0 Å². The van der Waals surface area contributed by atoms with Gasteiger partial charge in [-0.05, 0) is 51.8 Å². The number of rotatable bonds is 3. The molecule has 1 spiro atoms. The molecular formula is C30H28N6O7S4. The van der Waals surface area contributed by atoms with Gasteiger partial charge in [0, 0.05) is 25.5 Å². The Morgan fingerprint density at radius 3 is 1.98 bits per heavy atom. The van der Waals surface area contributed by atoms with Crippen LogP contribution in [0.15, 0.2) is 48.5 Å². The number of fused-ring (bicyclic) bond motifs is 11. The van der Waals surface area contributed by atoms with Gasteiger partial charge in [0.2, 0.25) is 20.5 Å². The van der Waals surface area contributed by atoms with E-state index in [-0.39, 0.29) is 6.54 Å². The monoisotopic (exact) mass is 712 g/mol. The number of hydrogen-bond acceptors (Lipinski definition) is 13. The summed E-state index contributed by atoms with van der Waals surface area (Å²) in [4.78, 5) is 70.4. The quantitative estimate of drug-likeness (QED) is 0.169. The van der Waals surface area contributed by atoms with Crippen LogP contribution in [0, 0.1) is 0 Å². The summed E-state index contributed by atoms with van der Waals surface area (Å²) < 4.78 is 0. The number of aliphatic hydroxyl groups excluding tert-OH is 2. The van der Waals surface area contributed by atoms with Gasteiger partial charge < -0.3 is 30.6 Å². The highest BCUT2D eigenvalue weighted by atomic mass is 33.1. The molecule has 2 aromatic rings. The fourth-order valence-electron chi connectivity index (χ4n) is 9.77. The van der Waals surface area contributed by atoms with Crippen molar-refractivity contribution in [2.24, 2.45) is 0 Å². The number of benzene rings is 2. The lowest BCUT2D eigenvalue weighted by atomic mass is 9.52. The zero-order valence-corrected chi connectivity index (χ0v) is 28.4. The van der Waals surface area contributed by atoms with Gasteiger partial charge in [0.1, 0.15) is 24.5 Å². The van der Waals surface area contributed by atoms with E-state index in [0.717, 1.165) is 37.3 Å². The Bertz CT molecular complexity index is 1900. The van der Waals surface area contributed by atoms with Crippen LogP contribution in [-0.2, 0) is 34.8 Å². The molecule has 10 rings (SSSR count). The van der Waals surface area contributed by atoms with Gasteiger partial charge in [-0.2, -0.15) is 0 Å². The fraction of sp³-hybridized carbons (Fsp3) is 0.433. The fourth-order valence-corrected chi connectivity index (χ4v) is 15.2. The highest BCUT2D eigenvalue weighted by Crippen LogP contribution is 2.76. The summed E-state index contributed by atoms with van der Waals surface area (Å²) in [5.41, 5.74) is -1.47. The number of aliphatic hydroxyl groups is 2. The molecule has 2 aromatic carbocycles. The number of nitrogens with one attached hydrogen (secondary N) is 2. The van der Waals surface area contributed by atoms with Crippen LogP contribution >= 0.6 is 44.0 Å². The second-order valence-electron chi connectivity index (χ2n) is 13.0. The number of carbonyl (C=O) groups excluding carboxylic acids is 5. The zero-order chi connectivity index (χ0) is 33.2. The van der Waals surface area contributed by atoms with Gasteiger partial charge in [0.25, 0.3) is 17.7 Å². The Balaban J connectivity index is 1.43. The van der Waals surface area contributed by atoms with Crippen LogP contribution < -0.4 is 10.6 Å². The van der Waals surface area contributed by atoms with Gasteiger partial charge in [-0.25, -0.2) is 0 Å². The minimum absolute atomic E-state index is 0.258. The molecule has 0 unspecified atom stereocenters. The molecule has 0 aromatic heterocycles. The van der Waals surface area contributed by atoms with Crippen molar-refractivity contribution >= 4 is 84.8 Å². The molecule has 8 heterocycles. The second-order valence-corrected chi connectivity index (χ2v) is 16.9. The first kappa shape index (κ1) is 30.0. The van der Waals surface area contributed by atoms with Crippen molar-refractivity contribution in [2.45, 2.75) is 56.9 Å². The minimum atomic E-state index is -1.96. The highest BCUT2D eigenvalue weighted by Gasteiger charge is 2.92. The van der Waals surface area contributed by atoms with E-state index in [2.05, 4.69) is 22.3 Å². The lowest BCUT2D eigenvalue weighted by Crippen LogP contribution is -2.79. The van der Waals surface area contributed by atoms with Gasteiger partial charge in [0.05, 0.1) is 17.4 Å².